The molecule has 0 aliphatic heterocycles. The Hall–Kier alpha value is -0.550. The first kappa shape index (κ1) is 11.4. The summed E-state index contributed by atoms with van der Waals surface area (Å²) in [7, 11) is 0. The molecule has 0 aliphatic rings. The molecule has 70 valence electrons. The number of carbonyl (C=O) groups excluding carboxylic acids is 1. The Morgan fingerprint density at radius 2 is 2.08 bits per heavy atom. The molecule has 0 aromatic carbocycles. The van der Waals surface area contributed by atoms with Gasteiger partial charge in [-0.3, -0.25) is 9.59 Å². The standard InChI is InChI=1S/C7H13NO3S/c1-4(9)6(12-2)3-5(8)7(10)11/h5-6H,3,8H2,1-2H3,(H,10,11). The fourth-order valence-corrected chi connectivity index (χ4v) is 1.49. The van der Waals surface area contributed by atoms with E-state index in [2.05, 4.69) is 0 Å². The molecule has 0 heterocycles. The quantitative estimate of drug-likeness (QED) is 0.644. The molecule has 0 saturated heterocycles. The van der Waals surface area contributed by atoms with Gasteiger partial charge in [0.25, 0.3) is 0 Å². The van der Waals surface area contributed by atoms with Crippen molar-refractivity contribution in [2.45, 2.75) is 24.6 Å². The van der Waals surface area contributed by atoms with E-state index in [0.29, 0.717) is 0 Å². The van der Waals surface area contributed by atoms with Crippen molar-refractivity contribution < 1.29 is 14.7 Å². The van der Waals surface area contributed by atoms with Crippen LogP contribution in [0.4, 0.5) is 0 Å². The number of nitrogens with two attached hydrogens (primary N) is 1. The molecular weight excluding hydrogens is 178 g/mol. The lowest BCUT2D eigenvalue weighted by atomic mass is 10.1. The number of hydrogen-bond acceptors (Lipinski definition) is 4. The van der Waals surface area contributed by atoms with Gasteiger partial charge < -0.3 is 10.8 Å². The topological polar surface area (TPSA) is 80.4 Å². The molecule has 12 heavy (non-hydrogen) atoms. The molecule has 0 spiro atoms. The van der Waals surface area contributed by atoms with Crippen LogP contribution in [-0.4, -0.2) is 34.4 Å². The van der Waals surface area contributed by atoms with Gasteiger partial charge in [0.05, 0.1) is 5.25 Å². The van der Waals surface area contributed by atoms with Crippen LogP contribution in [0.1, 0.15) is 13.3 Å². The normalized spacial score (nSPS) is 15.2. The predicted octanol–water partition coefficient (Wildman–Crippen LogP) is 0.109. The molecule has 0 aliphatic carbocycles. The lowest BCUT2D eigenvalue weighted by Gasteiger charge is -2.12. The number of carboxylic acid groups (broad SMARTS) is 1. The van der Waals surface area contributed by atoms with E-state index in [9.17, 15) is 9.59 Å². The van der Waals surface area contributed by atoms with Crippen LogP contribution in [0.15, 0.2) is 0 Å². The molecule has 0 rings (SSSR count). The number of thioether (sulfide) groups is 1. The van der Waals surface area contributed by atoms with Crippen molar-refractivity contribution in [3.63, 3.8) is 0 Å². The Bertz CT molecular complexity index is 183. The van der Waals surface area contributed by atoms with Crippen LogP contribution in [0.2, 0.25) is 0 Å². The second kappa shape index (κ2) is 5.16. The minimum absolute atomic E-state index is 0.0285. The molecule has 0 amide bonds. The number of ketones is 1. The molecule has 0 saturated carbocycles. The summed E-state index contributed by atoms with van der Waals surface area (Å²) in [5.41, 5.74) is 5.27. The van der Waals surface area contributed by atoms with Gasteiger partial charge in [0.2, 0.25) is 0 Å². The summed E-state index contributed by atoms with van der Waals surface area (Å²) in [6.07, 6.45) is 1.96. The van der Waals surface area contributed by atoms with E-state index in [-0.39, 0.29) is 17.5 Å². The Labute approximate surface area is 75.5 Å². The SMILES string of the molecule is CSC(CC(N)C(=O)O)C(C)=O. The number of aliphatic carboxylic acids is 1. The van der Waals surface area contributed by atoms with E-state index < -0.39 is 12.0 Å². The fourth-order valence-electron chi connectivity index (χ4n) is 0.760. The van der Waals surface area contributed by atoms with Gasteiger partial charge in [-0.1, -0.05) is 0 Å². The third-order valence-corrected chi connectivity index (χ3v) is 2.62. The maximum atomic E-state index is 10.9. The van der Waals surface area contributed by atoms with Gasteiger partial charge in [0, 0.05) is 0 Å². The molecule has 0 fully saturated rings. The summed E-state index contributed by atoms with van der Waals surface area (Å²) in [5, 5.41) is 8.17. The second-order valence-electron chi connectivity index (χ2n) is 2.52. The van der Waals surface area contributed by atoms with E-state index in [1.54, 1.807) is 6.26 Å². The molecule has 0 aromatic rings. The first-order valence-electron chi connectivity index (χ1n) is 3.50. The molecule has 0 bridgehead atoms. The van der Waals surface area contributed by atoms with E-state index in [4.69, 9.17) is 10.8 Å². The average molecular weight is 191 g/mol. The van der Waals surface area contributed by atoms with Gasteiger partial charge >= 0.3 is 5.97 Å². The highest BCUT2D eigenvalue weighted by atomic mass is 32.2. The zero-order valence-corrected chi connectivity index (χ0v) is 7.93. The maximum Gasteiger partial charge on any atom is 0.320 e. The van der Waals surface area contributed by atoms with Crippen molar-refractivity contribution in [2.24, 2.45) is 5.73 Å². The van der Waals surface area contributed by atoms with Crippen LogP contribution in [0.25, 0.3) is 0 Å². The van der Waals surface area contributed by atoms with Crippen molar-refractivity contribution in [3.05, 3.63) is 0 Å². The molecule has 5 heteroatoms. The molecule has 3 N–H and O–H groups in total. The molecule has 2 unspecified atom stereocenters. The van der Waals surface area contributed by atoms with Gasteiger partial charge in [-0.05, 0) is 19.6 Å². The highest BCUT2D eigenvalue weighted by Gasteiger charge is 2.20. The number of Topliss-reactive ketones (excluding diaryl/α,β-unsaturated/α-hetero) is 1. The Morgan fingerprint density at radius 3 is 2.33 bits per heavy atom. The minimum Gasteiger partial charge on any atom is -0.480 e. The van der Waals surface area contributed by atoms with Crippen LogP contribution in [0.3, 0.4) is 0 Å². The van der Waals surface area contributed by atoms with Gasteiger partial charge in [0.15, 0.2) is 0 Å². The molecule has 4 nitrogen and oxygen atoms in total. The van der Waals surface area contributed by atoms with Crippen molar-refractivity contribution in [1.29, 1.82) is 0 Å². The van der Waals surface area contributed by atoms with Crippen LogP contribution in [0.5, 0.6) is 0 Å². The lowest BCUT2D eigenvalue weighted by molar-refractivity contribution is -0.138. The average Bonchev–Trinajstić information content (AvgIpc) is 1.98. The summed E-state index contributed by atoms with van der Waals surface area (Å²) in [4.78, 5) is 21.2. The summed E-state index contributed by atoms with van der Waals surface area (Å²) in [6, 6.07) is -0.939. The third kappa shape index (κ3) is 3.73. The van der Waals surface area contributed by atoms with Crippen LogP contribution < -0.4 is 5.73 Å². The van der Waals surface area contributed by atoms with Crippen molar-refractivity contribution in [2.75, 3.05) is 6.26 Å². The van der Waals surface area contributed by atoms with Gasteiger partial charge in [-0.15, -0.1) is 0 Å². The number of rotatable bonds is 5. The minimum atomic E-state index is -1.06. The highest BCUT2D eigenvalue weighted by molar-refractivity contribution is 7.99. The monoisotopic (exact) mass is 191 g/mol. The van der Waals surface area contributed by atoms with Gasteiger partial charge in [-0.25, -0.2) is 0 Å². The molecule has 0 aromatic heterocycles. The lowest BCUT2D eigenvalue weighted by Crippen LogP contribution is -2.35. The van der Waals surface area contributed by atoms with E-state index >= 15 is 0 Å². The summed E-state index contributed by atoms with van der Waals surface area (Å²) >= 11 is 1.33. The van der Waals surface area contributed by atoms with Crippen LogP contribution in [-0.2, 0) is 9.59 Å². The number of carboxylic acids is 1. The van der Waals surface area contributed by atoms with E-state index in [1.165, 1.54) is 18.7 Å². The van der Waals surface area contributed by atoms with Gasteiger partial charge in [0.1, 0.15) is 11.8 Å². The predicted molar refractivity (Wildman–Crippen MR) is 48.2 cm³/mol. The molecule has 0 radical (unpaired) electrons. The summed E-state index contributed by atoms with van der Waals surface area (Å²) < 4.78 is 0. The van der Waals surface area contributed by atoms with E-state index in [0.717, 1.165) is 0 Å². The maximum absolute atomic E-state index is 10.9. The molecular formula is C7H13NO3S. The Morgan fingerprint density at radius 1 is 1.58 bits per heavy atom. The smallest absolute Gasteiger partial charge is 0.320 e. The van der Waals surface area contributed by atoms with Crippen molar-refractivity contribution >= 4 is 23.5 Å². The Balaban J connectivity index is 4.02. The highest BCUT2D eigenvalue weighted by Crippen LogP contribution is 2.13. The van der Waals surface area contributed by atoms with E-state index in [1.807, 2.05) is 0 Å². The largest absolute Gasteiger partial charge is 0.480 e. The second-order valence-corrected chi connectivity index (χ2v) is 3.56. The molecule has 2 atom stereocenters. The summed E-state index contributed by atoms with van der Waals surface area (Å²) in [6.45, 7) is 1.44. The zero-order chi connectivity index (χ0) is 9.72. The first-order chi connectivity index (χ1) is 5.49. The Kier molecular flexibility index (Phi) is 4.92. The number of hydrogen-bond donors (Lipinski definition) is 2. The first-order valence-corrected chi connectivity index (χ1v) is 4.79. The summed E-state index contributed by atoms with van der Waals surface area (Å²) in [5.74, 6) is -1.09. The van der Waals surface area contributed by atoms with Crippen molar-refractivity contribution in [1.82, 2.24) is 0 Å². The van der Waals surface area contributed by atoms with Crippen molar-refractivity contribution in [3.8, 4) is 0 Å². The fraction of sp³-hybridized carbons (Fsp3) is 0.714. The number of carbonyl (C=O) groups is 2. The van der Waals surface area contributed by atoms with Gasteiger partial charge in [-0.2, -0.15) is 11.8 Å². The zero-order valence-electron chi connectivity index (χ0n) is 7.11. The third-order valence-electron chi connectivity index (χ3n) is 1.52. The van der Waals surface area contributed by atoms with Crippen LogP contribution >= 0.6 is 11.8 Å². The van der Waals surface area contributed by atoms with Crippen LogP contribution in [0, 0.1) is 0 Å².